The van der Waals surface area contributed by atoms with Crippen LogP contribution in [0.1, 0.15) is 40.5 Å². The number of rotatable bonds is 3. The molecule has 19 heavy (non-hydrogen) atoms. The summed E-state index contributed by atoms with van der Waals surface area (Å²) in [5.74, 6) is 1.72. The molecule has 0 amide bonds. The van der Waals surface area contributed by atoms with Crippen LogP contribution in [0.3, 0.4) is 0 Å². The van der Waals surface area contributed by atoms with Gasteiger partial charge in [-0.2, -0.15) is 0 Å². The van der Waals surface area contributed by atoms with Gasteiger partial charge in [0.25, 0.3) is 0 Å². The van der Waals surface area contributed by atoms with Crippen LogP contribution in [0, 0.1) is 17.8 Å². The zero-order chi connectivity index (χ0) is 13.8. The van der Waals surface area contributed by atoms with Crippen molar-refractivity contribution in [2.45, 2.75) is 40.5 Å². The van der Waals surface area contributed by atoms with E-state index in [4.69, 9.17) is 4.99 Å². The fraction of sp³-hybridized carbons (Fsp3) is 0.500. The Kier molecular flexibility index (Phi) is 4.57. The Morgan fingerprint density at radius 2 is 2.11 bits per heavy atom. The SMILES string of the molecule is CC1=CCC(C)C=C1/N=C(\C)[C@@H](C)C1C=CC=CC1. The molecule has 2 aliphatic carbocycles. The summed E-state index contributed by atoms with van der Waals surface area (Å²) in [7, 11) is 0. The molecule has 0 aliphatic heterocycles. The molecule has 0 spiro atoms. The van der Waals surface area contributed by atoms with Crippen LogP contribution in [0.25, 0.3) is 0 Å². The van der Waals surface area contributed by atoms with Crippen molar-refractivity contribution in [1.29, 1.82) is 0 Å². The lowest BCUT2D eigenvalue weighted by Crippen LogP contribution is -2.18. The van der Waals surface area contributed by atoms with Gasteiger partial charge < -0.3 is 0 Å². The van der Waals surface area contributed by atoms with Gasteiger partial charge in [-0.15, -0.1) is 0 Å². The molecule has 0 aromatic rings. The lowest BCUT2D eigenvalue weighted by molar-refractivity contribution is 0.539. The topological polar surface area (TPSA) is 12.4 Å². The van der Waals surface area contributed by atoms with E-state index in [2.05, 4.69) is 64.2 Å². The van der Waals surface area contributed by atoms with Crippen molar-refractivity contribution in [3.05, 3.63) is 47.7 Å². The van der Waals surface area contributed by atoms with Gasteiger partial charge in [0.15, 0.2) is 0 Å². The van der Waals surface area contributed by atoms with E-state index in [1.807, 2.05) is 0 Å². The molecule has 0 N–H and O–H groups in total. The summed E-state index contributed by atoms with van der Waals surface area (Å²) in [5, 5.41) is 0. The van der Waals surface area contributed by atoms with E-state index in [0.29, 0.717) is 17.8 Å². The summed E-state index contributed by atoms with van der Waals surface area (Å²) >= 11 is 0. The highest BCUT2D eigenvalue weighted by Crippen LogP contribution is 2.27. The first-order valence-electron chi connectivity index (χ1n) is 7.35. The Labute approximate surface area is 117 Å². The Balaban J connectivity index is 2.12. The predicted octanol–water partition coefficient (Wildman–Crippen LogP) is 5.09. The zero-order valence-corrected chi connectivity index (χ0v) is 12.6. The van der Waals surface area contributed by atoms with E-state index >= 15 is 0 Å². The smallest absolute Gasteiger partial charge is 0.0617 e. The van der Waals surface area contributed by atoms with E-state index in [9.17, 15) is 0 Å². The molecule has 1 nitrogen and oxygen atoms in total. The molecule has 1 heteroatoms. The molecular formula is C18H25N. The molecule has 0 heterocycles. The van der Waals surface area contributed by atoms with E-state index in [1.165, 1.54) is 17.0 Å². The minimum atomic E-state index is 0.507. The summed E-state index contributed by atoms with van der Waals surface area (Å²) in [6.45, 7) is 8.89. The van der Waals surface area contributed by atoms with Gasteiger partial charge in [0.2, 0.25) is 0 Å². The molecule has 0 aromatic heterocycles. The van der Waals surface area contributed by atoms with Crippen molar-refractivity contribution in [3.63, 3.8) is 0 Å². The van der Waals surface area contributed by atoms with Crippen molar-refractivity contribution >= 4 is 5.71 Å². The second-order valence-electron chi connectivity index (χ2n) is 5.91. The van der Waals surface area contributed by atoms with Crippen molar-refractivity contribution in [2.75, 3.05) is 0 Å². The molecule has 0 bridgehead atoms. The predicted molar refractivity (Wildman–Crippen MR) is 84.3 cm³/mol. The maximum absolute atomic E-state index is 4.89. The quantitative estimate of drug-likeness (QED) is 0.623. The second kappa shape index (κ2) is 6.18. The maximum atomic E-state index is 4.89. The van der Waals surface area contributed by atoms with Crippen LogP contribution >= 0.6 is 0 Å². The number of allylic oxidation sites excluding steroid dienone is 7. The van der Waals surface area contributed by atoms with Crippen LogP contribution in [0.15, 0.2) is 52.7 Å². The standard InChI is InChI=1S/C18H25N/c1-13-10-11-14(2)18(12-13)19-16(4)15(3)17-8-6-5-7-9-17/h5-8,11-13,15,17H,9-10H2,1-4H3/b19-16+/t13?,15-,17?/m1/s1. The fourth-order valence-electron chi connectivity index (χ4n) is 2.63. The Morgan fingerprint density at radius 1 is 1.32 bits per heavy atom. The van der Waals surface area contributed by atoms with Gasteiger partial charge in [-0.3, -0.25) is 4.99 Å². The normalized spacial score (nSPS) is 28.9. The van der Waals surface area contributed by atoms with Crippen molar-refractivity contribution in [1.82, 2.24) is 0 Å². The van der Waals surface area contributed by atoms with Gasteiger partial charge in [0, 0.05) is 11.6 Å². The molecule has 0 radical (unpaired) electrons. The number of nitrogens with zero attached hydrogens (tertiary/aromatic N) is 1. The first-order valence-corrected chi connectivity index (χ1v) is 7.35. The van der Waals surface area contributed by atoms with Crippen LogP contribution in [0.2, 0.25) is 0 Å². The van der Waals surface area contributed by atoms with Crippen molar-refractivity contribution < 1.29 is 0 Å². The molecule has 0 saturated carbocycles. The first-order chi connectivity index (χ1) is 9.08. The summed E-state index contributed by atoms with van der Waals surface area (Å²) in [4.78, 5) is 4.89. The van der Waals surface area contributed by atoms with Crippen LogP contribution < -0.4 is 0 Å². The molecule has 2 rings (SSSR count). The van der Waals surface area contributed by atoms with Gasteiger partial charge in [-0.1, -0.05) is 50.3 Å². The minimum Gasteiger partial charge on any atom is -0.258 e. The van der Waals surface area contributed by atoms with Gasteiger partial charge >= 0.3 is 0 Å². The first kappa shape index (κ1) is 14.0. The summed E-state index contributed by atoms with van der Waals surface area (Å²) in [6, 6.07) is 0. The Bertz CT molecular complexity index is 474. The highest BCUT2D eigenvalue weighted by molar-refractivity contribution is 5.86. The Morgan fingerprint density at radius 3 is 2.79 bits per heavy atom. The third kappa shape index (κ3) is 3.56. The molecule has 3 atom stereocenters. The number of hydrogen-bond acceptors (Lipinski definition) is 1. The monoisotopic (exact) mass is 255 g/mol. The van der Waals surface area contributed by atoms with Gasteiger partial charge in [0.05, 0.1) is 5.70 Å². The Hall–Kier alpha value is -1.37. The molecule has 2 aliphatic rings. The summed E-state index contributed by atoms with van der Waals surface area (Å²) in [5.41, 5.74) is 3.75. The molecule has 0 aromatic carbocycles. The molecule has 102 valence electrons. The largest absolute Gasteiger partial charge is 0.258 e. The molecular weight excluding hydrogens is 230 g/mol. The highest BCUT2D eigenvalue weighted by atomic mass is 14.8. The second-order valence-corrected chi connectivity index (χ2v) is 5.91. The van der Waals surface area contributed by atoms with Gasteiger partial charge in [-0.25, -0.2) is 0 Å². The van der Waals surface area contributed by atoms with Crippen LogP contribution in [-0.4, -0.2) is 5.71 Å². The molecule has 2 unspecified atom stereocenters. The summed E-state index contributed by atoms with van der Waals surface area (Å²) < 4.78 is 0. The van der Waals surface area contributed by atoms with Crippen LogP contribution in [-0.2, 0) is 0 Å². The van der Waals surface area contributed by atoms with E-state index in [1.54, 1.807) is 0 Å². The average Bonchev–Trinajstić information content (AvgIpc) is 2.43. The lowest BCUT2D eigenvalue weighted by atomic mass is 9.85. The van der Waals surface area contributed by atoms with Gasteiger partial charge in [-0.05, 0) is 44.1 Å². The number of hydrogen-bond donors (Lipinski definition) is 0. The van der Waals surface area contributed by atoms with E-state index in [0.717, 1.165) is 12.8 Å². The van der Waals surface area contributed by atoms with Crippen LogP contribution in [0.4, 0.5) is 0 Å². The number of aliphatic imine (C=N–C) groups is 1. The highest BCUT2D eigenvalue weighted by Gasteiger charge is 2.18. The zero-order valence-electron chi connectivity index (χ0n) is 12.6. The maximum Gasteiger partial charge on any atom is 0.0617 e. The summed E-state index contributed by atoms with van der Waals surface area (Å²) in [6.07, 6.45) is 15.8. The van der Waals surface area contributed by atoms with Gasteiger partial charge in [0.1, 0.15) is 0 Å². The molecule has 0 fully saturated rings. The van der Waals surface area contributed by atoms with E-state index in [-0.39, 0.29) is 0 Å². The average molecular weight is 255 g/mol. The van der Waals surface area contributed by atoms with Crippen molar-refractivity contribution in [2.24, 2.45) is 22.7 Å². The van der Waals surface area contributed by atoms with Crippen molar-refractivity contribution in [3.8, 4) is 0 Å². The van der Waals surface area contributed by atoms with E-state index < -0.39 is 0 Å². The lowest BCUT2D eigenvalue weighted by Gasteiger charge is -2.22. The van der Waals surface area contributed by atoms with Crippen LogP contribution in [0.5, 0.6) is 0 Å². The molecule has 0 saturated heterocycles. The third-order valence-electron chi connectivity index (χ3n) is 4.25. The third-order valence-corrected chi connectivity index (χ3v) is 4.25. The minimum absolute atomic E-state index is 0.507. The fourth-order valence-corrected chi connectivity index (χ4v) is 2.63.